The van der Waals surface area contributed by atoms with Gasteiger partial charge in [-0.05, 0) is 43.4 Å². The number of nitrogens with zero attached hydrogens (tertiary/aromatic N) is 2. The number of aliphatic imine (C=N–C) groups is 1. The molecule has 0 unspecified atom stereocenters. The number of guanidine groups is 1. The van der Waals surface area contributed by atoms with Gasteiger partial charge in [0.1, 0.15) is 11.6 Å². The number of aryl methyl sites for hydroxylation is 1. The first kappa shape index (κ1) is 19.1. The maximum Gasteiger partial charge on any atom is 0.191 e. The van der Waals surface area contributed by atoms with E-state index in [-0.39, 0.29) is 24.0 Å². The van der Waals surface area contributed by atoms with E-state index in [2.05, 4.69) is 9.89 Å². The third-order valence-electron chi connectivity index (χ3n) is 3.75. The molecule has 0 radical (unpaired) electrons. The van der Waals surface area contributed by atoms with Gasteiger partial charge in [-0.15, -0.1) is 24.0 Å². The van der Waals surface area contributed by atoms with E-state index in [4.69, 9.17) is 5.73 Å². The van der Waals surface area contributed by atoms with Crippen LogP contribution in [-0.4, -0.2) is 30.5 Å². The molecule has 0 saturated carbocycles. The molecule has 2 rings (SSSR count). The molecule has 0 spiro atoms. The maximum atomic E-state index is 13.1. The van der Waals surface area contributed by atoms with Crippen molar-refractivity contribution in [2.24, 2.45) is 10.7 Å². The lowest BCUT2D eigenvalue weighted by Gasteiger charge is -2.21. The van der Waals surface area contributed by atoms with E-state index in [0.29, 0.717) is 24.5 Å². The van der Waals surface area contributed by atoms with Crippen LogP contribution in [0.25, 0.3) is 0 Å². The second-order valence-corrected chi connectivity index (χ2v) is 5.52. The molecule has 0 aliphatic carbocycles. The van der Waals surface area contributed by atoms with Crippen molar-refractivity contribution < 1.29 is 8.78 Å². The highest BCUT2D eigenvalue weighted by atomic mass is 127. The molecule has 0 amide bonds. The van der Waals surface area contributed by atoms with Crippen LogP contribution in [0.1, 0.15) is 37.7 Å². The van der Waals surface area contributed by atoms with Crippen LogP contribution in [0.5, 0.6) is 0 Å². The summed E-state index contributed by atoms with van der Waals surface area (Å²) in [6.45, 7) is 2.54. The average molecular weight is 423 g/mol. The minimum atomic E-state index is -0.530. The van der Waals surface area contributed by atoms with E-state index in [0.717, 1.165) is 25.6 Å². The third-order valence-corrected chi connectivity index (χ3v) is 3.75. The molecule has 0 atom stereocenters. The minimum Gasteiger partial charge on any atom is -0.370 e. The smallest absolute Gasteiger partial charge is 0.191 e. The fourth-order valence-corrected chi connectivity index (χ4v) is 2.63. The Morgan fingerprint density at radius 1 is 1.05 bits per heavy atom. The summed E-state index contributed by atoms with van der Waals surface area (Å²) in [6, 6.07) is 3.62. The number of halogens is 3. The molecular weight excluding hydrogens is 399 g/mol. The molecule has 22 heavy (non-hydrogen) atoms. The Hall–Kier alpha value is -0.920. The summed E-state index contributed by atoms with van der Waals surface area (Å²) in [5.74, 6) is -0.461. The molecule has 1 aliphatic heterocycles. The van der Waals surface area contributed by atoms with Crippen molar-refractivity contribution in [1.29, 1.82) is 0 Å². The molecule has 1 heterocycles. The number of benzene rings is 1. The molecule has 1 fully saturated rings. The molecule has 124 valence electrons. The Bertz CT molecular complexity index is 466. The van der Waals surface area contributed by atoms with Gasteiger partial charge >= 0.3 is 0 Å². The van der Waals surface area contributed by atoms with Crippen LogP contribution in [0.3, 0.4) is 0 Å². The zero-order chi connectivity index (χ0) is 15.1. The van der Waals surface area contributed by atoms with Crippen LogP contribution in [0.15, 0.2) is 23.2 Å². The summed E-state index contributed by atoms with van der Waals surface area (Å²) in [5, 5.41) is 0. The predicted molar refractivity (Wildman–Crippen MR) is 96.6 cm³/mol. The van der Waals surface area contributed by atoms with Gasteiger partial charge in [0, 0.05) is 25.7 Å². The van der Waals surface area contributed by atoms with E-state index in [1.807, 2.05) is 0 Å². The van der Waals surface area contributed by atoms with Gasteiger partial charge in [0.15, 0.2) is 5.96 Å². The lowest BCUT2D eigenvalue weighted by Crippen LogP contribution is -2.38. The minimum absolute atomic E-state index is 0. The van der Waals surface area contributed by atoms with Crippen molar-refractivity contribution in [3.05, 3.63) is 35.4 Å². The number of nitrogens with two attached hydrogens (primary N) is 1. The van der Waals surface area contributed by atoms with Crippen LogP contribution >= 0.6 is 24.0 Å². The Morgan fingerprint density at radius 3 is 2.23 bits per heavy atom. The van der Waals surface area contributed by atoms with Crippen LogP contribution in [0.2, 0.25) is 0 Å². The van der Waals surface area contributed by atoms with E-state index >= 15 is 0 Å². The molecule has 0 bridgehead atoms. The summed E-state index contributed by atoms with van der Waals surface area (Å²) in [6.07, 6.45) is 6.18. The Kier molecular flexibility index (Phi) is 8.67. The van der Waals surface area contributed by atoms with Crippen LogP contribution in [0.4, 0.5) is 8.78 Å². The lowest BCUT2D eigenvalue weighted by atomic mass is 10.1. The second kappa shape index (κ2) is 9.97. The molecule has 1 aromatic carbocycles. The zero-order valence-corrected chi connectivity index (χ0v) is 15.1. The number of rotatable bonds is 4. The normalized spacial score (nSPS) is 16.1. The lowest BCUT2D eigenvalue weighted by molar-refractivity contribution is 0.428. The number of hydrogen-bond donors (Lipinski definition) is 1. The Morgan fingerprint density at radius 2 is 1.64 bits per heavy atom. The fraction of sp³-hybridized carbons (Fsp3) is 0.562. The molecule has 1 saturated heterocycles. The summed E-state index contributed by atoms with van der Waals surface area (Å²) in [7, 11) is 0. The molecule has 1 aromatic rings. The number of hydrogen-bond acceptors (Lipinski definition) is 1. The van der Waals surface area contributed by atoms with E-state index in [1.165, 1.54) is 37.8 Å². The zero-order valence-electron chi connectivity index (χ0n) is 12.7. The van der Waals surface area contributed by atoms with Crippen LogP contribution in [-0.2, 0) is 6.42 Å². The monoisotopic (exact) mass is 423 g/mol. The quantitative estimate of drug-likeness (QED) is 0.347. The summed E-state index contributed by atoms with van der Waals surface area (Å²) < 4.78 is 26.1. The second-order valence-electron chi connectivity index (χ2n) is 5.52. The summed E-state index contributed by atoms with van der Waals surface area (Å²) >= 11 is 0. The summed E-state index contributed by atoms with van der Waals surface area (Å²) in [5.41, 5.74) is 6.66. The first-order valence-electron chi connectivity index (χ1n) is 7.65. The van der Waals surface area contributed by atoms with Crippen molar-refractivity contribution in [2.45, 2.75) is 38.5 Å². The van der Waals surface area contributed by atoms with Gasteiger partial charge in [-0.25, -0.2) is 8.78 Å². The highest BCUT2D eigenvalue weighted by Gasteiger charge is 2.10. The molecule has 6 heteroatoms. The van der Waals surface area contributed by atoms with Crippen LogP contribution in [0, 0.1) is 11.6 Å². The van der Waals surface area contributed by atoms with Gasteiger partial charge in [0.2, 0.25) is 0 Å². The number of likely N-dealkylation sites (tertiary alicyclic amines) is 1. The largest absolute Gasteiger partial charge is 0.370 e. The van der Waals surface area contributed by atoms with Gasteiger partial charge < -0.3 is 10.6 Å². The predicted octanol–water partition coefficient (Wildman–Crippen LogP) is 3.71. The van der Waals surface area contributed by atoms with Crippen LogP contribution < -0.4 is 5.73 Å². The Balaban J connectivity index is 0.00000242. The van der Waals surface area contributed by atoms with Crippen molar-refractivity contribution in [3.8, 4) is 0 Å². The van der Waals surface area contributed by atoms with Crippen molar-refractivity contribution in [2.75, 3.05) is 19.6 Å². The van der Waals surface area contributed by atoms with E-state index in [1.54, 1.807) is 0 Å². The highest BCUT2D eigenvalue weighted by molar-refractivity contribution is 14.0. The van der Waals surface area contributed by atoms with Crippen molar-refractivity contribution in [1.82, 2.24) is 4.90 Å². The first-order valence-corrected chi connectivity index (χ1v) is 7.65. The SMILES string of the molecule is I.NC(=NCCCc1cc(F)cc(F)c1)N1CCCCCC1. The molecule has 2 N–H and O–H groups in total. The van der Waals surface area contributed by atoms with Gasteiger partial charge in [-0.1, -0.05) is 12.8 Å². The average Bonchev–Trinajstić information content (AvgIpc) is 2.71. The van der Waals surface area contributed by atoms with Gasteiger partial charge in [-0.2, -0.15) is 0 Å². The molecule has 1 aliphatic rings. The third kappa shape index (κ3) is 6.46. The van der Waals surface area contributed by atoms with Gasteiger partial charge in [0.05, 0.1) is 0 Å². The Labute approximate surface area is 148 Å². The van der Waals surface area contributed by atoms with Crippen molar-refractivity contribution in [3.63, 3.8) is 0 Å². The van der Waals surface area contributed by atoms with E-state index < -0.39 is 11.6 Å². The molecule has 0 aromatic heterocycles. The van der Waals surface area contributed by atoms with Crippen molar-refractivity contribution >= 4 is 29.9 Å². The first-order chi connectivity index (χ1) is 10.1. The highest BCUT2D eigenvalue weighted by Crippen LogP contribution is 2.11. The summed E-state index contributed by atoms with van der Waals surface area (Å²) in [4.78, 5) is 6.52. The molecule has 3 nitrogen and oxygen atoms in total. The standard InChI is InChI=1S/C16H23F2N3.HI/c17-14-10-13(11-15(18)12-14)6-5-7-20-16(19)21-8-3-1-2-4-9-21;/h10-12H,1-9H2,(H2,19,20);1H. The van der Waals surface area contributed by atoms with E-state index in [9.17, 15) is 8.78 Å². The fourth-order valence-electron chi connectivity index (χ4n) is 2.63. The maximum absolute atomic E-state index is 13.1. The van der Waals surface area contributed by atoms with Gasteiger partial charge in [-0.3, -0.25) is 4.99 Å². The van der Waals surface area contributed by atoms with Gasteiger partial charge in [0.25, 0.3) is 0 Å². The topological polar surface area (TPSA) is 41.6 Å². The molecular formula is C16H24F2IN3.